The number of amides is 3. The van der Waals surface area contributed by atoms with Gasteiger partial charge in [-0.3, -0.25) is 29.4 Å². The Bertz CT molecular complexity index is 1360. The summed E-state index contributed by atoms with van der Waals surface area (Å²) in [6.45, 7) is 3.34. The van der Waals surface area contributed by atoms with E-state index in [2.05, 4.69) is 5.32 Å². The lowest BCUT2D eigenvalue weighted by Crippen LogP contribution is -2.36. The third-order valence-electron chi connectivity index (χ3n) is 5.08. The Morgan fingerprint density at radius 2 is 1.94 bits per heavy atom. The Balaban J connectivity index is 1.47. The first kappa shape index (κ1) is 23.0. The maximum Gasteiger partial charge on any atom is 0.294 e. The SMILES string of the molecule is Cc1ccc(C)c(NC(=O)CN2C(=O)S/C(=C/c3ccc(-c4cccc([N+](=O)[O-])c4)o3)C2=O)c1. The first-order valence-corrected chi connectivity index (χ1v) is 11.0. The van der Waals surface area contributed by atoms with Gasteiger partial charge in [-0.15, -0.1) is 0 Å². The first-order valence-electron chi connectivity index (χ1n) is 10.2. The number of aryl methyl sites for hydroxylation is 2. The summed E-state index contributed by atoms with van der Waals surface area (Å²) in [5.41, 5.74) is 2.89. The number of imide groups is 1. The number of anilines is 1. The predicted octanol–water partition coefficient (Wildman–Crippen LogP) is 5.15. The van der Waals surface area contributed by atoms with Crippen LogP contribution >= 0.6 is 11.8 Å². The molecule has 1 aliphatic rings. The van der Waals surface area contributed by atoms with Crippen molar-refractivity contribution in [3.63, 3.8) is 0 Å². The zero-order valence-corrected chi connectivity index (χ0v) is 19.0. The van der Waals surface area contributed by atoms with E-state index in [1.54, 1.807) is 24.3 Å². The molecule has 0 atom stereocenters. The van der Waals surface area contributed by atoms with Crippen molar-refractivity contribution >= 4 is 46.3 Å². The first-order chi connectivity index (χ1) is 16.2. The molecule has 1 saturated heterocycles. The zero-order valence-electron chi connectivity index (χ0n) is 18.2. The van der Waals surface area contributed by atoms with Gasteiger partial charge in [0.15, 0.2) is 0 Å². The number of carbonyl (C=O) groups is 3. The van der Waals surface area contributed by atoms with Crippen molar-refractivity contribution in [2.75, 3.05) is 11.9 Å². The normalized spacial score (nSPS) is 14.6. The van der Waals surface area contributed by atoms with E-state index in [0.717, 1.165) is 16.0 Å². The van der Waals surface area contributed by atoms with Gasteiger partial charge in [0, 0.05) is 29.5 Å². The van der Waals surface area contributed by atoms with E-state index in [1.807, 2.05) is 32.0 Å². The van der Waals surface area contributed by atoms with Gasteiger partial charge in [-0.05, 0) is 54.9 Å². The lowest BCUT2D eigenvalue weighted by Gasteiger charge is -2.14. The molecular weight excluding hydrogens is 458 g/mol. The fourth-order valence-corrected chi connectivity index (χ4v) is 4.15. The second-order valence-corrected chi connectivity index (χ2v) is 8.64. The molecule has 3 aromatic rings. The second kappa shape index (κ2) is 9.36. The van der Waals surface area contributed by atoms with Crippen LogP contribution in [0.15, 0.2) is 63.9 Å². The molecule has 0 spiro atoms. The quantitative estimate of drug-likeness (QED) is 0.296. The molecular formula is C24H19N3O6S. The molecule has 2 aromatic carbocycles. The number of nitrogens with zero attached hydrogens (tertiary/aromatic N) is 2. The van der Waals surface area contributed by atoms with E-state index in [0.29, 0.717) is 34.5 Å². The zero-order chi connectivity index (χ0) is 24.4. The van der Waals surface area contributed by atoms with Crippen LogP contribution in [0.5, 0.6) is 0 Å². The van der Waals surface area contributed by atoms with Crippen LogP contribution in [-0.2, 0) is 9.59 Å². The monoisotopic (exact) mass is 477 g/mol. The number of benzene rings is 2. The van der Waals surface area contributed by atoms with Crippen molar-refractivity contribution in [3.8, 4) is 11.3 Å². The van der Waals surface area contributed by atoms with Gasteiger partial charge in [0.1, 0.15) is 18.1 Å². The number of thioether (sulfide) groups is 1. The molecule has 172 valence electrons. The number of hydrogen-bond acceptors (Lipinski definition) is 7. The minimum Gasteiger partial charge on any atom is -0.457 e. The number of nitro groups is 1. The van der Waals surface area contributed by atoms with Gasteiger partial charge in [0.25, 0.3) is 16.8 Å². The number of nitro benzene ring substituents is 1. The highest BCUT2D eigenvalue weighted by atomic mass is 32.2. The molecule has 10 heteroatoms. The summed E-state index contributed by atoms with van der Waals surface area (Å²) in [5.74, 6) is -0.406. The van der Waals surface area contributed by atoms with Crippen LogP contribution in [0.1, 0.15) is 16.9 Å². The lowest BCUT2D eigenvalue weighted by molar-refractivity contribution is -0.384. The average molecular weight is 477 g/mol. The van der Waals surface area contributed by atoms with Gasteiger partial charge >= 0.3 is 0 Å². The third-order valence-corrected chi connectivity index (χ3v) is 5.99. The van der Waals surface area contributed by atoms with E-state index in [9.17, 15) is 24.5 Å². The number of non-ortho nitro benzene ring substituents is 1. The predicted molar refractivity (Wildman–Crippen MR) is 128 cm³/mol. The van der Waals surface area contributed by atoms with Crippen LogP contribution in [0.3, 0.4) is 0 Å². The Morgan fingerprint density at radius 1 is 1.15 bits per heavy atom. The summed E-state index contributed by atoms with van der Waals surface area (Å²) in [4.78, 5) is 49.1. The minimum atomic E-state index is -0.598. The van der Waals surface area contributed by atoms with Crippen LogP contribution in [-0.4, -0.2) is 33.4 Å². The highest BCUT2D eigenvalue weighted by molar-refractivity contribution is 8.18. The molecule has 3 amide bonds. The number of carbonyl (C=O) groups excluding carboxylic acids is 3. The van der Waals surface area contributed by atoms with E-state index in [1.165, 1.54) is 18.2 Å². The van der Waals surface area contributed by atoms with Crippen molar-refractivity contribution in [3.05, 3.63) is 86.5 Å². The molecule has 0 radical (unpaired) electrons. The van der Waals surface area contributed by atoms with Crippen molar-refractivity contribution in [1.82, 2.24) is 4.90 Å². The smallest absolute Gasteiger partial charge is 0.294 e. The molecule has 2 heterocycles. The Kier molecular flexibility index (Phi) is 6.33. The molecule has 0 aliphatic carbocycles. The molecule has 9 nitrogen and oxygen atoms in total. The summed E-state index contributed by atoms with van der Waals surface area (Å²) >= 11 is 0.711. The van der Waals surface area contributed by atoms with Gasteiger partial charge in [0.2, 0.25) is 5.91 Å². The minimum absolute atomic E-state index is 0.0734. The topological polar surface area (TPSA) is 123 Å². The summed E-state index contributed by atoms with van der Waals surface area (Å²) in [5, 5.41) is 13.2. The second-order valence-electron chi connectivity index (χ2n) is 7.64. The highest BCUT2D eigenvalue weighted by Crippen LogP contribution is 2.33. The van der Waals surface area contributed by atoms with E-state index in [4.69, 9.17) is 4.42 Å². The van der Waals surface area contributed by atoms with Crippen molar-refractivity contribution in [2.24, 2.45) is 0 Å². The summed E-state index contributed by atoms with van der Waals surface area (Å²) in [7, 11) is 0. The molecule has 1 fully saturated rings. The molecule has 34 heavy (non-hydrogen) atoms. The Hall–Kier alpha value is -4.18. The van der Waals surface area contributed by atoms with Gasteiger partial charge in [0.05, 0.1) is 9.83 Å². The van der Waals surface area contributed by atoms with Crippen LogP contribution in [0.2, 0.25) is 0 Å². The number of hydrogen-bond donors (Lipinski definition) is 1. The molecule has 1 N–H and O–H groups in total. The van der Waals surface area contributed by atoms with Crippen molar-refractivity contribution < 1.29 is 23.7 Å². The van der Waals surface area contributed by atoms with Crippen LogP contribution in [0, 0.1) is 24.0 Å². The van der Waals surface area contributed by atoms with Gasteiger partial charge in [-0.25, -0.2) is 0 Å². The largest absolute Gasteiger partial charge is 0.457 e. The van der Waals surface area contributed by atoms with Gasteiger partial charge in [-0.1, -0.05) is 24.3 Å². The van der Waals surface area contributed by atoms with E-state index < -0.39 is 28.5 Å². The number of rotatable bonds is 6. The molecule has 1 aromatic heterocycles. The van der Waals surface area contributed by atoms with Crippen LogP contribution in [0.25, 0.3) is 17.4 Å². The van der Waals surface area contributed by atoms with Gasteiger partial charge in [-0.2, -0.15) is 0 Å². The van der Waals surface area contributed by atoms with Crippen LogP contribution in [0.4, 0.5) is 16.2 Å². The van der Waals surface area contributed by atoms with Crippen molar-refractivity contribution in [2.45, 2.75) is 13.8 Å². The summed E-state index contributed by atoms with van der Waals surface area (Å²) in [6, 6.07) is 14.8. The standard InChI is InChI=1S/C24H19N3O6S/c1-14-6-7-15(2)19(10-14)25-22(28)13-26-23(29)21(34-24(26)30)12-18-8-9-20(33-18)16-4-3-5-17(11-16)27(31)32/h3-12H,13H2,1-2H3,(H,25,28)/b21-12+. The lowest BCUT2D eigenvalue weighted by atomic mass is 10.1. The molecule has 0 bridgehead atoms. The number of furan rings is 1. The maximum atomic E-state index is 12.7. The Morgan fingerprint density at radius 3 is 2.71 bits per heavy atom. The summed E-state index contributed by atoms with van der Waals surface area (Å²) < 4.78 is 5.70. The Labute approximate surface area is 198 Å². The third kappa shape index (κ3) is 4.91. The van der Waals surface area contributed by atoms with Crippen LogP contribution < -0.4 is 5.32 Å². The molecule has 1 aliphatic heterocycles. The van der Waals surface area contributed by atoms with Crippen molar-refractivity contribution in [1.29, 1.82) is 0 Å². The number of nitrogens with one attached hydrogen (secondary N) is 1. The highest BCUT2D eigenvalue weighted by Gasteiger charge is 2.36. The summed E-state index contributed by atoms with van der Waals surface area (Å²) in [6.07, 6.45) is 1.41. The maximum absolute atomic E-state index is 12.7. The van der Waals surface area contributed by atoms with E-state index in [-0.39, 0.29) is 10.6 Å². The van der Waals surface area contributed by atoms with Gasteiger partial charge < -0.3 is 9.73 Å². The average Bonchev–Trinajstić information content (AvgIpc) is 3.37. The fourth-order valence-electron chi connectivity index (χ4n) is 3.33. The fraction of sp³-hybridized carbons (Fsp3) is 0.125. The molecule has 4 rings (SSSR count). The molecule has 0 saturated carbocycles. The van der Waals surface area contributed by atoms with E-state index >= 15 is 0 Å². The molecule has 0 unspecified atom stereocenters.